The first kappa shape index (κ1) is 14.4. The molecule has 1 aromatic rings. The molecule has 0 amide bonds. The third kappa shape index (κ3) is 3.10. The Morgan fingerprint density at radius 1 is 1.37 bits per heavy atom. The Morgan fingerprint density at radius 2 is 2.00 bits per heavy atom. The van der Waals surface area contributed by atoms with Crippen molar-refractivity contribution in [3.05, 3.63) is 28.7 Å². The van der Waals surface area contributed by atoms with E-state index < -0.39 is 0 Å². The molecule has 1 aliphatic heterocycles. The summed E-state index contributed by atoms with van der Waals surface area (Å²) < 4.78 is 1.10. The fourth-order valence-electron chi connectivity index (χ4n) is 2.67. The summed E-state index contributed by atoms with van der Waals surface area (Å²) >= 11 is 3.47. The van der Waals surface area contributed by atoms with Crippen LogP contribution in [0.2, 0.25) is 0 Å². The van der Waals surface area contributed by atoms with Crippen LogP contribution in [0.15, 0.2) is 28.7 Å². The van der Waals surface area contributed by atoms with Crippen molar-refractivity contribution < 1.29 is 0 Å². The third-order valence-corrected chi connectivity index (χ3v) is 4.56. The molecule has 4 heteroatoms. The van der Waals surface area contributed by atoms with Gasteiger partial charge in [-0.05, 0) is 45.2 Å². The number of benzene rings is 1. The maximum Gasteiger partial charge on any atom is 0.0638 e. The average molecular weight is 322 g/mol. The highest BCUT2D eigenvalue weighted by Crippen LogP contribution is 2.29. The average Bonchev–Trinajstić information content (AvgIpc) is 2.36. The molecule has 0 aliphatic carbocycles. The first-order chi connectivity index (χ1) is 8.94. The van der Waals surface area contributed by atoms with Crippen LogP contribution in [0.25, 0.3) is 0 Å². The SMILES string of the molecule is CN1C(CC#N)CN(c2ccc(Br)cc2)CC1(C)C. The molecule has 2 rings (SSSR count). The predicted molar refractivity (Wildman–Crippen MR) is 82.2 cm³/mol. The van der Waals surface area contributed by atoms with Gasteiger partial charge in [-0.25, -0.2) is 0 Å². The van der Waals surface area contributed by atoms with Crippen molar-refractivity contribution in [3.8, 4) is 6.07 Å². The summed E-state index contributed by atoms with van der Waals surface area (Å²) in [7, 11) is 2.13. The maximum atomic E-state index is 9.00. The van der Waals surface area contributed by atoms with Crippen LogP contribution in [0, 0.1) is 11.3 Å². The van der Waals surface area contributed by atoms with E-state index in [9.17, 15) is 0 Å². The summed E-state index contributed by atoms with van der Waals surface area (Å²) in [5.41, 5.74) is 1.31. The van der Waals surface area contributed by atoms with Gasteiger partial charge in [0.1, 0.15) is 0 Å². The lowest BCUT2D eigenvalue weighted by Gasteiger charge is -2.50. The van der Waals surface area contributed by atoms with Crippen LogP contribution in [0.4, 0.5) is 5.69 Å². The minimum Gasteiger partial charge on any atom is -0.368 e. The standard InChI is InChI=1S/C15H20BrN3/c1-15(2)11-19(10-14(8-9-17)18(15)3)13-6-4-12(16)5-7-13/h4-7,14H,8,10-11H2,1-3H3. The lowest BCUT2D eigenvalue weighted by Crippen LogP contribution is -2.62. The van der Waals surface area contributed by atoms with Crippen LogP contribution < -0.4 is 4.90 Å². The van der Waals surface area contributed by atoms with Crippen LogP contribution >= 0.6 is 15.9 Å². The number of nitrogens with zero attached hydrogens (tertiary/aromatic N) is 3. The predicted octanol–water partition coefficient (Wildman–Crippen LogP) is 3.26. The van der Waals surface area contributed by atoms with E-state index >= 15 is 0 Å². The highest BCUT2D eigenvalue weighted by molar-refractivity contribution is 9.10. The minimum atomic E-state index is 0.0762. The molecule has 1 aromatic carbocycles. The number of rotatable bonds is 2. The molecule has 0 spiro atoms. The number of hydrogen-bond donors (Lipinski definition) is 0. The molecule has 0 saturated carbocycles. The normalized spacial score (nSPS) is 23.1. The lowest BCUT2D eigenvalue weighted by molar-refractivity contribution is 0.0826. The molecule has 19 heavy (non-hydrogen) atoms. The smallest absolute Gasteiger partial charge is 0.0638 e. The van der Waals surface area contributed by atoms with Crippen LogP contribution in [-0.4, -0.2) is 36.6 Å². The summed E-state index contributed by atoms with van der Waals surface area (Å²) in [6.45, 7) is 6.37. The molecule has 1 unspecified atom stereocenters. The summed E-state index contributed by atoms with van der Waals surface area (Å²) in [5.74, 6) is 0. The molecule has 3 nitrogen and oxygen atoms in total. The number of anilines is 1. The van der Waals surface area contributed by atoms with Gasteiger partial charge in [-0.2, -0.15) is 5.26 Å². The van der Waals surface area contributed by atoms with Crippen molar-refractivity contribution in [1.82, 2.24) is 4.90 Å². The first-order valence-electron chi connectivity index (χ1n) is 6.54. The van der Waals surface area contributed by atoms with E-state index in [1.165, 1.54) is 5.69 Å². The lowest BCUT2D eigenvalue weighted by atomic mass is 9.94. The van der Waals surface area contributed by atoms with E-state index in [0.717, 1.165) is 17.6 Å². The Hall–Kier alpha value is -1.05. The van der Waals surface area contributed by atoms with Crippen molar-refractivity contribution in [2.24, 2.45) is 0 Å². The van der Waals surface area contributed by atoms with Gasteiger partial charge in [-0.1, -0.05) is 15.9 Å². The molecule has 0 N–H and O–H groups in total. The zero-order valence-electron chi connectivity index (χ0n) is 11.7. The Labute approximate surface area is 123 Å². The molecule has 102 valence electrons. The third-order valence-electron chi connectivity index (χ3n) is 4.03. The fourth-order valence-corrected chi connectivity index (χ4v) is 2.93. The molecule has 1 aliphatic rings. The molecule has 1 saturated heterocycles. The van der Waals surface area contributed by atoms with E-state index in [1.807, 2.05) is 0 Å². The molecule has 1 atom stereocenters. The van der Waals surface area contributed by atoms with Gasteiger partial charge in [0, 0.05) is 34.8 Å². The van der Waals surface area contributed by atoms with Gasteiger partial charge >= 0.3 is 0 Å². The largest absolute Gasteiger partial charge is 0.368 e. The van der Waals surface area contributed by atoms with Gasteiger partial charge in [-0.15, -0.1) is 0 Å². The minimum absolute atomic E-state index is 0.0762. The van der Waals surface area contributed by atoms with Crippen molar-refractivity contribution in [1.29, 1.82) is 5.26 Å². The second-order valence-electron chi connectivity index (χ2n) is 5.80. The van der Waals surface area contributed by atoms with Gasteiger partial charge in [0.15, 0.2) is 0 Å². The Bertz CT molecular complexity index is 475. The van der Waals surface area contributed by atoms with Gasteiger partial charge in [0.2, 0.25) is 0 Å². The van der Waals surface area contributed by atoms with E-state index in [4.69, 9.17) is 5.26 Å². The van der Waals surface area contributed by atoms with Crippen molar-refractivity contribution in [3.63, 3.8) is 0 Å². The maximum absolute atomic E-state index is 9.00. The zero-order chi connectivity index (χ0) is 14.0. The summed E-state index contributed by atoms with van der Waals surface area (Å²) in [4.78, 5) is 4.72. The summed E-state index contributed by atoms with van der Waals surface area (Å²) in [6, 6.07) is 11.0. The van der Waals surface area contributed by atoms with E-state index in [-0.39, 0.29) is 11.6 Å². The number of hydrogen-bond acceptors (Lipinski definition) is 3. The number of likely N-dealkylation sites (N-methyl/N-ethyl adjacent to an activating group) is 1. The van der Waals surface area contributed by atoms with Crippen molar-refractivity contribution in [2.45, 2.75) is 31.8 Å². The Balaban J connectivity index is 2.23. The molecule has 1 heterocycles. The van der Waals surface area contributed by atoms with E-state index in [2.05, 4.69) is 77.0 Å². The fraction of sp³-hybridized carbons (Fsp3) is 0.533. The van der Waals surface area contributed by atoms with Crippen LogP contribution in [0.1, 0.15) is 20.3 Å². The van der Waals surface area contributed by atoms with E-state index in [1.54, 1.807) is 0 Å². The Morgan fingerprint density at radius 3 is 2.58 bits per heavy atom. The van der Waals surface area contributed by atoms with Gasteiger partial charge in [0.05, 0.1) is 12.5 Å². The number of halogens is 1. The van der Waals surface area contributed by atoms with Crippen LogP contribution in [-0.2, 0) is 0 Å². The number of nitriles is 1. The zero-order valence-corrected chi connectivity index (χ0v) is 13.3. The van der Waals surface area contributed by atoms with Crippen LogP contribution in [0.3, 0.4) is 0 Å². The molecule has 0 radical (unpaired) electrons. The van der Waals surface area contributed by atoms with Gasteiger partial charge in [-0.3, -0.25) is 4.90 Å². The van der Waals surface area contributed by atoms with E-state index in [0.29, 0.717) is 6.42 Å². The van der Waals surface area contributed by atoms with Gasteiger partial charge in [0.25, 0.3) is 0 Å². The molecular formula is C15H20BrN3. The van der Waals surface area contributed by atoms with Gasteiger partial charge < -0.3 is 4.90 Å². The monoisotopic (exact) mass is 321 g/mol. The molecule has 1 fully saturated rings. The summed E-state index contributed by atoms with van der Waals surface area (Å²) in [5, 5.41) is 9.00. The highest BCUT2D eigenvalue weighted by Gasteiger charge is 2.37. The van der Waals surface area contributed by atoms with Crippen LogP contribution in [0.5, 0.6) is 0 Å². The van der Waals surface area contributed by atoms with Crippen molar-refractivity contribution >= 4 is 21.6 Å². The first-order valence-corrected chi connectivity index (χ1v) is 7.34. The molecular weight excluding hydrogens is 302 g/mol. The summed E-state index contributed by atoms with van der Waals surface area (Å²) in [6.07, 6.45) is 0.576. The highest BCUT2D eigenvalue weighted by atomic mass is 79.9. The quantitative estimate of drug-likeness (QED) is 0.837. The Kier molecular flexibility index (Phi) is 4.17. The number of piperazine rings is 1. The second-order valence-corrected chi connectivity index (χ2v) is 6.71. The molecule has 0 aromatic heterocycles. The topological polar surface area (TPSA) is 30.3 Å². The second kappa shape index (κ2) is 5.52. The molecule has 0 bridgehead atoms. The van der Waals surface area contributed by atoms with Crippen molar-refractivity contribution in [2.75, 3.05) is 25.0 Å².